The Morgan fingerprint density at radius 3 is 1.75 bits per heavy atom. The SMILES string of the molecule is O=C(O)C[C@@H](C(=O)O)P(=O)(O)O. The van der Waals surface area contributed by atoms with Gasteiger partial charge in [-0.05, 0) is 0 Å². The van der Waals surface area contributed by atoms with Crippen molar-refractivity contribution in [2.45, 2.75) is 12.1 Å². The number of hydrogen-bond acceptors (Lipinski definition) is 3. The van der Waals surface area contributed by atoms with Crippen LogP contribution >= 0.6 is 7.60 Å². The molecular weight excluding hydrogens is 191 g/mol. The van der Waals surface area contributed by atoms with Crippen molar-refractivity contribution in [1.29, 1.82) is 0 Å². The zero-order valence-corrected chi connectivity index (χ0v) is 6.64. The van der Waals surface area contributed by atoms with Crippen molar-refractivity contribution in [2.24, 2.45) is 0 Å². The zero-order valence-electron chi connectivity index (χ0n) is 5.75. The largest absolute Gasteiger partial charge is 0.481 e. The van der Waals surface area contributed by atoms with E-state index in [9.17, 15) is 14.2 Å². The van der Waals surface area contributed by atoms with E-state index in [1.165, 1.54) is 0 Å². The summed E-state index contributed by atoms with van der Waals surface area (Å²) >= 11 is 0. The van der Waals surface area contributed by atoms with Crippen LogP contribution in [0, 0.1) is 0 Å². The molecule has 0 heterocycles. The summed E-state index contributed by atoms with van der Waals surface area (Å²) in [5, 5.41) is 16.3. The third kappa shape index (κ3) is 3.47. The van der Waals surface area contributed by atoms with Crippen LogP contribution in [0.15, 0.2) is 0 Å². The first kappa shape index (κ1) is 11.1. The van der Waals surface area contributed by atoms with Crippen molar-refractivity contribution in [3.8, 4) is 0 Å². The molecule has 7 nitrogen and oxygen atoms in total. The highest BCUT2D eigenvalue weighted by atomic mass is 31.2. The van der Waals surface area contributed by atoms with Gasteiger partial charge < -0.3 is 20.0 Å². The minimum Gasteiger partial charge on any atom is -0.481 e. The molecule has 0 amide bonds. The Bertz CT molecular complexity index is 240. The van der Waals surface area contributed by atoms with Crippen LogP contribution in [-0.4, -0.2) is 37.6 Å². The maximum Gasteiger partial charge on any atom is 0.340 e. The van der Waals surface area contributed by atoms with E-state index in [1.54, 1.807) is 0 Å². The second-order valence-electron chi connectivity index (χ2n) is 2.04. The number of rotatable bonds is 4. The standard InChI is InChI=1S/C4H7O7P/c5-3(6)1-2(4(7)8)12(9,10)11/h2H,1H2,(H,5,6)(H,7,8)(H2,9,10,11)/t2-/m0/s1. The average Bonchev–Trinajstić information content (AvgIpc) is 1.79. The lowest BCUT2D eigenvalue weighted by atomic mass is 10.3. The number of carboxylic acid groups (broad SMARTS) is 2. The molecule has 4 N–H and O–H groups in total. The van der Waals surface area contributed by atoms with Crippen LogP contribution in [0.1, 0.15) is 6.42 Å². The van der Waals surface area contributed by atoms with Crippen LogP contribution in [0.3, 0.4) is 0 Å². The van der Waals surface area contributed by atoms with Gasteiger partial charge in [0.25, 0.3) is 0 Å². The van der Waals surface area contributed by atoms with Gasteiger partial charge in [0.2, 0.25) is 0 Å². The molecule has 12 heavy (non-hydrogen) atoms. The van der Waals surface area contributed by atoms with Gasteiger partial charge >= 0.3 is 19.5 Å². The van der Waals surface area contributed by atoms with Crippen LogP contribution in [0.5, 0.6) is 0 Å². The van der Waals surface area contributed by atoms with Crippen molar-refractivity contribution >= 4 is 19.5 Å². The second-order valence-corrected chi connectivity index (χ2v) is 3.84. The minimum absolute atomic E-state index is 1.08. The monoisotopic (exact) mass is 198 g/mol. The van der Waals surface area contributed by atoms with E-state index in [0.29, 0.717) is 0 Å². The van der Waals surface area contributed by atoms with Gasteiger partial charge in [0.15, 0.2) is 5.66 Å². The summed E-state index contributed by atoms with van der Waals surface area (Å²) in [5.74, 6) is -3.38. The van der Waals surface area contributed by atoms with Crippen LogP contribution in [0.25, 0.3) is 0 Å². The average molecular weight is 198 g/mol. The van der Waals surface area contributed by atoms with Gasteiger partial charge in [-0.1, -0.05) is 0 Å². The summed E-state index contributed by atoms with van der Waals surface area (Å²) in [5.41, 5.74) is -2.16. The van der Waals surface area contributed by atoms with Gasteiger partial charge in [-0.15, -0.1) is 0 Å². The molecule has 0 aromatic rings. The van der Waals surface area contributed by atoms with Crippen LogP contribution in [0.2, 0.25) is 0 Å². The van der Waals surface area contributed by atoms with Crippen LogP contribution in [0.4, 0.5) is 0 Å². The molecule has 0 saturated carbocycles. The van der Waals surface area contributed by atoms with E-state index in [0.717, 1.165) is 0 Å². The van der Waals surface area contributed by atoms with Gasteiger partial charge in [-0.25, -0.2) is 0 Å². The first-order valence-electron chi connectivity index (χ1n) is 2.75. The summed E-state index contributed by atoms with van der Waals surface area (Å²) in [7, 11) is -4.87. The zero-order chi connectivity index (χ0) is 9.94. The first-order chi connectivity index (χ1) is 5.25. The van der Waals surface area contributed by atoms with Crippen molar-refractivity contribution in [3.05, 3.63) is 0 Å². The Balaban J connectivity index is 4.58. The summed E-state index contributed by atoms with van der Waals surface area (Å²) in [6, 6.07) is 0. The van der Waals surface area contributed by atoms with E-state index in [4.69, 9.17) is 20.0 Å². The van der Waals surface area contributed by atoms with Gasteiger partial charge in [0.05, 0.1) is 6.42 Å². The number of hydrogen-bond donors (Lipinski definition) is 4. The van der Waals surface area contributed by atoms with E-state index in [1.807, 2.05) is 0 Å². The highest BCUT2D eigenvalue weighted by molar-refractivity contribution is 7.53. The summed E-state index contributed by atoms with van der Waals surface area (Å²) in [6.07, 6.45) is -1.08. The van der Waals surface area contributed by atoms with Crippen molar-refractivity contribution in [2.75, 3.05) is 0 Å². The minimum atomic E-state index is -4.87. The Hall–Kier alpha value is -0.910. The molecule has 0 unspecified atom stereocenters. The van der Waals surface area contributed by atoms with Gasteiger partial charge in [0, 0.05) is 0 Å². The van der Waals surface area contributed by atoms with E-state index < -0.39 is 31.6 Å². The predicted molar refractivity (Wildman–Crippen MR) is 35.7 cm³/mol. The smallest absolute Gasteiger partial charge is 0.340 e. The molecule has 1 atom stereocenters. The van der Waals surface area contributed by atoms with Crippen molar-refractivity contribution < 1.29 is 34.2 Å². The lowest BCUT2D eigenvalue weighted by molar-refractivity contribution is -0.143. The molecule has 0 aliphatic rings. The van der Waals surface area contributed by atoms with E-state index >= 15 is 0 Å². The Kier molecular flexibility index (Phi) is 3.38. The summed E-state index contributed by atoms with van der Waals surface area (Å²) < 4.78 is 10.4. The fraction of sp³-hybridized carbons (Fsp3) is 0.500. The molecule has 0 aliphatic carbocycles. The lowest BCUT2D eigenvalue weighted by Crippen LogP contribution is -2.23. The maximum absolute atomic E-state index is 10.4. The fourth-order valence-corrected chi connectivity index (χ4v) is 1.20. The third-order valence-electron chi connectivity index (χ3n) is 1.06. The van der Waals surface area contributed by atoms with Gasteiger partial charge in [-0.2, -0.15) is 0 Å². The third-order valence-corrected chi connectivity index (χ3v) is 2.27. The summed E-state index contributed by atoms with van der Waals surface area (Å²) in [4.78, 5) is 36.8. The molecule has 0 aliphatic heterocycles. The molecule has 0 fully saturated rings. The molecule has 70 valence electrons. The van der Waals surface area contributed by atoms with Crippen LogP contribution in [-0.2, 0) is 14.2 Å². The maximum atomic E-state index is 10.4. The first-order valence-corrected chi connectivity index (χ1v) is 4.43. The quantitative estimate of drug-likeness (QED) is 0.430. The molecular formula is C4H7O7P. The molecule has 0 spiro atoms. The highest BCUT2D eigenvalue weighted by Gasteiger charge is 2.37. The molecule has 0 rings (SSSR count). The Morgan fingerprint density at radius 2 is 1.67 bits per heavy atom. The molecule has 0 aromatic carbocycles. The summed E-state index contributed by atoms with van der Waals surface area (Å²) in [6.45, 7) is 0. The highest BCUT2D eigenvalue weighted by Crippen LogP contribution is 2.42. The fourth-order valence-electron chi connectivity index (χ4n) is 0.515. The van der Waals surface area contributed by atoms with E-state index in [-0.39, 0.29) is 0 Å². The van der Waals surface area contributed by atoms with Gasteiger partial charge in [0.1, 0.15) is 0 Å². The normalized spacial score (nSPS) is 13.8. The van der Waals surface area contributed by atoms with Crippen LogP contribution < -0.4 is 0 Å². The lowest BCUT2D eigenvalue weighted by Gasteiger charge is -2.10. The number of carboxylic acids is 2. The molecule has 0 radical (unpaired) electrons. The number of carbonyl (C=O) groups is 2. The number of aliphatic carboxylic acids is 2. The predicted octanol–water partition coefficient (Wildman–Crippen LogP) is -0.908. The van der Waals surface area contributed by atoms with Gasteiger partial charge in [-0.3, -0.25) is 14.2 Å². The second kappa shape index (κ2) is 3.66. The molecule has 0 bridgehead atoms. The molecule has 8 heteroatoms. The van der Waals surface area contributed by atoms with Crippen molar-refractivity contribution in [3.63, 3.8) is 0 Å². The molecule has 0 aromatic heterocycles. The topological polar surface area (TPSA) is 132 Å². The Morgan fingerprint density at radius 1 is 1.25 bits per heavy atom. The Labute approximate surface area is 66.8 Å². The van der Waals surface area contributed by atoms with E-state index in [2.05, 4.69) is 0 Å². The molecule has 0 saturated heterocycles. The van der Waals surface area contributed by atoms with Crippen molar-refractivity contribution in [1.82, 2.24) is 0 Å².